The van der Waals surface area contributed by atoms with Gasteiger partial charge in [-0.25, -0.2) is 4.98 Å². The highest BCUT2D eigenvalue weighted by molar-refractivity contribution is 9.10. The molecule has 1 aromatic heterocycles. The van der Waals surface area contributed by atoms with Crippen LogP contribution in [-0.2, 0) is 0 Å². The molecular weight excluding hydrogens is 276 g/mol. The summed E-state index contributed by atoms with van der Waals surface area (Å²) in [5.74, 6) is 0. The first-order chi connectivity index (χ1) is 7.29. The number of hydrogen-bond acceptors (Lipinski definition) is 3. The molecule has 3 nitrogen and oxygen atoms in total. The Kier molecular flexibility index (Phi) is 3.23. The fourth-order valence-corrected chi connectivity index (χ4v) is 2.30. The summed E-state index contributed by atoms with van der Waals surface area (Å²) in [5, 5.41) is 0.778. The molecule has 0 saturated carbocycles. The van der Waals surface area contributed by atoms with E-state index in [1.807, 2.05) is 12.1 Å². The van der Waals surface area contributed by atoms with E-state index in [1.54, 1.807) is 18.5 Å². The van der Waals surface area contributed by atoms with E-state index in [2.05, 4.69) is 25.9 Å². The van der Waals surface area contributed by atoms with Gasteiger partial charge in [0.15, 0.2) is 11.4 Å². The predicted molar refractivity (Wildman–Crippen MR) is 62.2 cm³/mol. The number of aromatic amines is 1. The van der Waals surface area contributed by atoms with Crippen LogP contribution in [0, 0.1) is 0 Å². The molecular formula is C10H7BrN2OS. The number of carbonyl (C=O) groups excluding carboxylic acids is 1. The molecule has 1 N–H and O–H groups in total. The molecule has 1 aromatic carbocycles. The van der Waals surface area contributed by atoms with Crippen LogP contribution >= 0.6 is 27.7 Å². The summed E-state index contributed by atoms with van der Waals surface area (Å²) < 4.78 is 0.897. The molecule has 0 amide bonds. The summed E-state index contributed by atoms with van der Waals surface area (Å²) in [6.07, 6.45) is 4.28. The lowest BCUT2D eigenvalue weighted by Gasteiger charge is -2.02. The summed E-state index contributed by atoms with van der Waals surface area (Å²) in [4.78, 5) is 18.8. The zero-order valence-electron chi connectivity index (χ0n) is 7.61. The van der Waals surface area contributed by atoms with Gasteiger partial charge in [0.1, 0.15) is 0 Å². The molecule has 0 aliphatic carbocycles. The van der Waals surface area contributed by atoms with Gasteiger partial charge in [-0.1, -0.05) is 27.7 Å². The first-order valence-corrected chi connectivity index (χ1v) is 5.82. The van der Waals surface area contributed by atoms with Gasteiger partial charge < -0.3 is 4.98 Å². The second-order valence-electron chi connectivity index (χ2n) is 2.80. The van der Waals surface area contributed by atoms with Gasteiger partial charge >= 0.3 is 0 Å². The Morgan fingerprint density at radius 1 is 1.47 bits per heavy atom. The van der Waals surface area contributed by atoms with E-state index in [-0.39, 0.29) is 0 Å². The largest absolute Gasteiger partial charge is 0.339 e. The Balaban J connectivity index is 2.32. The lowest BCUT2D eigenvalue weighted by molar-refractivity contribution is 0.112. The number of benzene rings is 1. The van der Waals surface area contributed by atoms with Crippen molar-refractivity contribution in [1.82, 2.24) is 9.97 Å². The fraction of sp³-hybridized carbons (Fsp3) is 0. The van der Waals surface area contributed by atoms with Gasteiger partial charge in [0.25, 0.3) is 0 Å². The maximum atomic E-state index is 10.8. The maximum Gasteiger partial charge on any atom is 0.170 e. The molecule has 0 saturated heterocycles. The highest BCUT2D eigenvalue weighted by Gasteiger charge is 2.05. The minimum atomic E-state index is 0.658. The lowest BCUT2D eigenvalue weighted by atomic mass is 10.2. The minimum Gasteiger partial charge on any atom is -0.339 e. The van der Waals surface area contributed by atoms with E-state index in [0.29, 0.717) is 5.56 Å². The first kappa shape index (κ1) is 10.4. The van der Waals surface area contributed by atoms with E-state index < -0.39 is 0 Å². The van der Waals surface area contributed by atoms with Gasteiger partial charge in [-0.3, -0.25) is 4.79 Å². The predicted octanol–water partition coefficient (Wildman–Crippen LogP) is 3.14. The Labute approximate surface area is 99.4 Å². The molecule has 1 heterocycles. The topological polar surface area (TPSA) is 45.8 Å². The highest BCUT2D eigenvalue weighted by atomic mass is 79.9. The Morgan fingerprint density at radius 2 is 2.33 bits per heavy atom. The van der Waals surface area contributed by atoms with Crippen LogP contribution in [-0.4, -0.2) is 16.3 Å². The summed E-state index contributed by atoms with van der Waals surface area (Å²) in [5.41, 5.74) is 0.658. The average Bonchev–Trinajstić information content (AvgIpc) is 2.73. The van der Waals surface area contributed by atoms with Gasteiger partial charge in [0.2, 0.25) is 0 Å². The number of hydrogen-bond donors (Lipinski definition) is 1. The van der Waals surface area contributed by atoms with Crippen molar-refractivity contribution in [2.24, 2.45) is 0 Å². The number of aromatic nitrogens is 2. The number of imidazole rings is 1. The third kappa shape index (κ3) is 2.49. The number of nitrogens with zero attached hydrogens (tertiary/aromatic N) is 1. The van der Waals surface area contributed by atoms with Crippen LogP contribution in [0.3, 0.4) is 0 Å². The third-order valence-corrected chi connectivity index (χ3v) is 3.28. The van der Waals surface area contributed by atoms with Crippen molar-refractivity contribution in [3.05, 3.63) is 40.6 Å². The normalized spacial score (nSPS) is 10.2. The highest BCUT2D eigenvalue weighted by Crippen LogP contribution is 2.28. The molecule has 0 atom stereocenters. The number of nitrogens with one attached hydrogen (secondary N) is 1. The summed E-state index contributed by atoms with van der Waals surface area (Å²) in [6, 6.07) is 5.58. The van der Waals surface area contributed by atoms with E-state index in [1.165, 1.54) is 11.8 Å². The van der Waals surface area contributed by atoms with Crippen molar-refractivity contribution in [3.63, 3.8) is 0 Å². The quantitative estimate of drug-likeness (QED) is 0.880. The van der Waals surface area contributed by atoms with E-state index >= 15 is 0 Å². The third-order valence-electron chi connectivity index (χ3n) is 1.78. The number of rotatable bonds is 3. The number of aldehydes is 1. The van der Waals surface area contributed by atoms with Crippen LogP contribution in [0.5, 0.6) is 0 Å². The molecule has 76 valence electrons. The monoisotopic (exact) mass is 282 g/mol. The Bertz CT molecular complexity index is 470. The van der Waals surface area contributed by atoms with Gasteiger partial charge in [-0.05, 0) is 18.2 Å². The van der Waals surface area contributed by atoms with Crippen LogP contribution in [0.25, 0.3) is 0 Å². The lowest BCUT2D eigenvalue weighted by Crippen LogP contribution is -1.85. The standard InChI is InChI=1S/C10H7BrN2OS/c11-8-1-2-9(7(5-8)6-14)15-10-12-3-4-13-10/h1-6H,(H,12,13). The molecule has 0 aliphatic heterocycles. The van der Waals surface area contributed by atoms with E-state index in [4.69, 9.17) is 0 Å². The molecule has 2 rings (SSSR count). The minimum absolute atomic E-state index is 0.658. The SMILES string of the molecule is O=Cc1cc(Br)ccc1Sc1ncc[nH]1. The molecule has 0 unspecified atom stereocenters. The molecule has 0 aliphatic rings. The molecule has 5 heteroatoms. The van der Waals surface area contributed by atoms with Crippen LogP contribution in [0.4, 0.5) is 0 Å². The van der Waals surface area contributed by atoms with Crippen molar-refractivity contribution in [1.29, 1.82) is 0 Å². The van der Waals surface area contributed by atoms with Gasteiger partial charge in [0, 0.05) is 27.3 Å². The molecule has 0 spiro atoms. The number of H-pyrrole nitrogens is 1. The number of carbonyl (C=O) groups is 1. The van der Waals surface area contributed by atoms with Crippen molar-refractivity contribution in [3.8, 4) is 0 Å². The van der Waals surface area contributed by atoms with Gasteiger partial charge in [0.05, 0.1) is 0 Å². The summed E-state index contributed by atoms with van der Waals surface area (Å²) in [6.45, 7) is 0. The van der Waals surface area contributed by atoms with Crippen LogP contribution in [0.15, 0.2) is 45.1 Å². The van der Waals surface area contributed by atoms with E-state index in [0.717, 1.165) is 20.8 Å². The molecule has 0 fully saturated rings. The van der Waals surface area contributed by atoms with Crippen LogP contribution < -0.4 is 0 Å². The molecule has 2 aromatic rings. The first-order valence-electron chi connectivity index (χ1n) is 4.21. The van der Waals surface area contributed by atoms with Crippen molar-refractivity contribution in [2.75, 3.05) is 0 Å². The number of halogens is 1. The van der Waals surface area contributed by atoms with Crippen molar-refractivity contribution < 1.29 is 4.79 Å². The van der Waals surface area contributed by atoms with Crippen LogP contribution in [0.2, 0.25) is 0 Å². The Morgan fingerprint density at radius 3 is 3.00 bits per heavy atom. The van der Waals surface area contributed by atoms with Gasteiger partial charge in [-0.15, -0.1) is 0 Å². The Hall–Kier alpha value is -1.07. The second-order valence-corrected chi connectivity index (χ2v) is 4.74. The molecule has 0 bridgehead atoms. The average molecular weight is 283 g/mol. The van der Waals surface area contributed by atoms with Gasteiger partial charge in [-0.2, -0.15) is 0 Å². The van der Waals surface area contributed by atoms with E-state index in [9.17, 15) is 4.79 Å². The molecule has 15 heavy (non-hydrogen) atoms. The fourth-order valence-electron chi connectivity index (χ4n) is 1.12. The zero-order chi connectivity index (χ0) is 10.7. The van der Waals surface area contributed by atoms with Crippen molar-refractivity contribution in [2.45, 2.75) is 10.1 Å². The van der Waals surface area contributed by atoms with Crippen LogP contribution in [0.1, 0.15) is 10.4 Å². The molecule has 0 radical (unpaired) electrons. The zero-order valence-corrected chi connectivity index (χ0v) is 10.0. The summed E-state index contributed by atoms with van der Waals surface area (Å²) in [7, 11) is 0. The van der Waals surface area contributed by atoms with Crippen molar-refractivity contribution >= 4 is 34.0 Å². The second kappa shape index (κ2) is 4.63. The smallest absolute Gasteiger partial charge is 0.170 e. The summed E-state index contributed by atoms with van der Waals surface area (Å²) >= 11 is 4.76. The maximum absolute atomic E-state index is 10.8.